The summed E-state index contributed by atoms with van der Waals surface area (Å²) in [7, 11) is -1.53. The average molecular weight is 412 g/mol. The van der Waals surface area contributed by atoms with Gasteiger partial charge >= 0.3 is 0 Å². The number of rotatable bonds is 4. The molecule has 0 N–H and O–H groups in total. The van der Waals surface area contributed by atoms with Crippen molar-refractivity contribution in [2.24, 2.45) is 10.2 Å². The Kier molecular flexibility index (Phi) is 3.73. The van der Waals surface area contributed by atoms with E-state index < -0.39 is 12.4 Å². The summed E-state index contributed by atoms with van der Waals surface area (Å²) in [6.07, 6.45) is 2.12. The van der Waals surface area contributed by atoms with Crippen LogP contribution in [0.2, 0.25) is 0 Å². The smallest absolute Gasteiger partial charge is 0.172 e. The molecule has 1 aliphatic heterocycles. The van der Waals surface area contributed by atoms with Crippen LogP contribution in [-0.4, -0.2) is 18.4 Å². The summed E-state index contributed by atoms with van der Waals surface area (Å²) in [5.41, 5.74) is 2.37. The van der Waals surface area contributed by atoms with Crippen LogP contribution in [0.4, 0.5) is 0 Å². The molecular formula is C25H21N2O2P. The van der Waals surface area contributed by atoms with E-state index in [-0.39, 0.29) is 17.9 Å². The van der Waals surface area contributed by atoms with Crippen molar-refractivity contribution in [3.8, 4) is 0 Å². The highest BCUT2D eigenvalue weighted by Crippen LogP contribution is 2.76. The summed E-state index contributed by atoms with van der Waals surface area (Å²) in [5, 5.41) is 10.4. The Labute approximate surface area is 175 Å². The predicted molar refractivity (Wildman–Crippen MR) is 118 cm³/mol. The first kappa shape index (κ1) is 17.9. The van der Waals surface area contributed by atoms with E-state index in [4.69, 9.17) is 9.85 Å². The minimum atomic E-state index is -3.22. The Bertz CT molecular complexity index is 1190. The molecule has 30 heavy (non-hydrogen) atoms. The molecule has 0 saturated carbocycles. The summed E-state index contributed by atoms with van der Waals surface area (Å²) >= 11 is 0. The number of hydrogen-bond acceptors (Lipinski definition) is 4. The van der Waals surface area contributed by atoms with Gasteiger partial charge in [0.05, 0.1) is 13.0 Å². The van der Waals surface area contributed by atoms with Gasteiger partial charge in [0.2, 0.25) is 0 Å². The Hall–Kier alpha value is -2.97. The van der Waals surface area contributed by atoms with Gasteiger partial charge in [0.1, 0.15) is 11.8 Å². The second-order valence-electron chi connectivity index (χ2n) is 8.08. The van der Waals surface area contributed by atoms with Crippen LogP contribution in [0.5, 0.6) is 0 Å². The maximum absolute atomic E-state index is 15.5. The van der Waals surface area contributed by atoms with Gasteiger partial charge < -0.3 is 9.30 Å². The maximum atomic E-state index is 15.5. The van der Waals surface area contributed by atoms with Crippen LogP contribution in [0.1, 0.15) is 23.0 Å². The lowest BCUT2D eigenvalue weighted by Gasteiger charge is -2.42. The number of ether oxygens (including phenoxy) is 1. The first-order valence-corrected chi connectivity index (χ1v) is 11.9. The van der Waals surface area contributed by atoms with E-state index >= 15 is 4.57 Å². The van der Waals surface area contributed by atoms with Gasteiger partial charge in [-0.05, 0) is 17.2 Å². The average Bonchev–Trinajstić information content (AvgIpc) is 3.22. The highest BCUT2D eigenvalue weighted by Gasteiger charge is 2.71. The van der Waals surface area contributed by atoms with Gasteiger partial charge in [-0.2, -0.15) is 10.2 Å². The van der Waals surface area contributed by atoms with E-state index in [1.165, 1.54) is 11.1 Å². The topological polar surface area (TPSA) is 51.0 Å². The summed E-state index contributed by atoms with van der Waals surface area (Å²) in [6.45, 7) is 0. The molecule has 5 heteroatoms. The molecule has 2 aliphatic carbocycles. The Balaban J connectivity index is 1.71. The molecule has 6 rings (SSSR count). The number of hydrogen-bond donors (Lipinski definition) is 0. The molecule has 3 aliphatic rings. The summed E-state index contributed by atoms with van der Waals surface area (Å²) in [4.78, 5) is 0. The molecular weight excluding hydrogens is 391 g/mol. The van der Waals surface area contributed by atoms with E-state index in [1.54, 1.807) is 7.11 Å². The van der Waals surface area contributed by atoms with Crippen LogP contribution in [0.3, 0.4) is 0 Å². The van der Waals surface area contributed by atoms with Crippen molar-refractivity contribution < 1.29 is 9.30 Å². The number of methoxy groups -OCH3 is 1. The minimum absolute atomic E-state index is 0.107. The van der Waals surface area contributed by atoms with E-state index in [9.17, 15) is 0 Å². The van der Waals surface area contributed by atoms with Crippen LogP contribution >= 0.6 is 7.14 Å². The molecule has 0 amide bonds. The minimum Gasteiger partial charge on any atom is -0.499 e. The normalized spacial score (nSPS) is 28.2. The molecule has 4 unspecified atom stereocenters. The molecule has 3 aromatic rings. The van der Waals surface area contributed by atoms with Crippen molar-refractivity contribution in [2.45, 2.75) is 23.2 Å². The summed E-state index contributed by atoms with van der Waals surface area (Å²) < 4.78 is 21.2. The number of benzene rings is 3. The van der Waals surface area contributed by atoms with Crippen LogP contribution in [0, 0.1) is 0 Å². The highest BCUT2D eigenvalue weighted by molar-refractivity contribution is 7.80. The van der Waals surface area contributed by atoms with Gasteiger partial charge in [0, 0.05) is 16.5 Å². The van der Waals surface area contributed by atoms with Crippen molar-refractivity contribution in [3.63, 3.8) is 0 Å². The summed E-state index contributed by atoms with van der Waals surface area (Å²) in [5.74, 6) is 0.568. The van der Waals surface area contributed by atoms with Crippen molar-refractivity contribution in [1.82, 2.24) is 0 Å². The van der Waals surface area contributed by atoms with Gasteiger partial charge in [-0.25, -0.2) is 0 Å². The third kappa shape index (κ3) is 2.00. The quantitative estimate of drug-likeness (QED) is 0.569. The molecule has 1 heterocycles. The van der Waals surface area contributed by atoms with Crippen LogP contribution in [-0.2, 0) is 9.30 Å². The van der Waals surface area contributed by atoms with Crippen LogP contribution in [0.15, 0.2) is 107 Å². The monoisotopic (exact) mass is 412 g/mol. The van der Waals surface area contributed by atoms with Gasteiger partial charge in [-0.15, -0.1) is 0 Å². The number of fused-ring (bicyclic) bond motifs is 2. The van der Waals surface area contributed by atoms with E-state index in [2.05, 4.69) is 29.4 Å². The maximum Gasteiger partial charge on any atom is 0.172 e. The molecule has 148 valence electrons. The van der Waals surface area contributed by atoms with Gasteiger partial charge in [-0.1, -0.05) is 84.9 Å². The first-order valence-electron chi connectivity index (χ1n) is 10.2. The zero-order valence-electron chi connectivity index (χ0n) is 16.6. The second-order valence-corrected chi connectivity index (χ2v) is 11.0. The Morgan fingerprint density at radius 1 is 0.833 bits per heavy atom. The van der Waals surface area contributed by atoms with Crippen LogP contribution in [0.25, 0.3) is 0 Å². The molecule has 3 aromatic carbocycles. The van der Waals surface area contributed by atoms with Crippen molar-refractivity contribution >= 4 is 17.8 Å². The highest BCUT2D eigenvalue weighted by atomic mass is 31.2. The fraction of sp³-hybridized carbons (Fsp3) is 0.200. The van der Waals surface area contributed by atoms with E-state index in [0.717, 1.165) is 16.4 Å². The molecule has 0 fully saturated rings. The SMILES string of the molecule is COC1=CC2c3ccccc3C3C1N=NC23P(=O)(c1ccccc1)c1ccccc1. The number of nitrogens with zero attached hydrogens (tertiary/aromatic N) is 2. The standard InChI is InChI=1S/C25H21N2O2P/c1-29-22-16-21-19-14-8-9-15-20(19)23-24(22)26-27-25(21,23)30(28,17-10-4-2-5-11-17)18-12-6-3-7-13-18/h2-16,21,23-24H,1H3. The largest absolute Gasteiger partial charge is 0.499 e. The fourth-order valence-electron chi connectivity index (χ4n) is 5.66. The third-order valence-electron chi connectivity index (χ3n) is 6.84. The van der Waals surface area contributed by atoms with E-state index in [1.807, 2.05) is 66.7 Å². The molecule has 0 radical (unpaired) electrons. The van der Waals surface area contributed by atoms with E-state index in [0.29, 0.717) is 0 Å². The van der Waals surface area contributed by atoms with Crippen molar-refractivity contribution in [1.29, 1.82) is 0 Å². The lowest BCUT2D eigenvalue weighted by molar-refractivity contribution is 0.243. The predicted octanol–water partition coefficient (Wildman–Crippen LogP) is 4.96. The molecule has 4 atom stereocenters. The fourth-order valence-corrected chi connectivity index (χ4v) is 9.42. The van der Waals surface area contributed by atoms with Gasteiger partial charge in [0.15, 0.2) is 12.4 Å². The lowest BCUT2D eigenvalue weighted by Crippen LogP contribution is -2.45. The molecule has 4 nitrogen and oxygen atoms in total. The van der Waals surface area contributed by atoms with Gasteiger partial charge in [-0.3, -0.25) is 0 Å². The van der Waals surface area contributed by atoms with Crippen molar-refractivity contribution in [2.75, 3.05) is 7.11 Å². The lowest BCUT2D eigenvalue weighted by atomic mass is 9.83. The Morgan fingerprint density at radius 3 is 2.00 bits per heavy atom. The first-order chi connectivity index (χ1) is 14.7. The second kappa shape index (κ2) is 6.26. The zero-order chi connectivity index (χ0) is 20.3. The zero-order valence-corrected chi connectivity index (χ0v) is 17.4. The molecule has 0 aromatic heterocycles. The molecule has 0 spiro atoms. The Morgan fingerprint density at radius 2 is 1.40 bits per heavy atom. The van der Waals surface area contributed by atoms with Gasteiger partial charge in [0.25, 0.3) is 0 Å². The van der Waals surface area contributed by atoms with Crippen LogP contribution < -0.4 is 10.6 Å². The number of azo groups is 1. The van der Waals surface area contributed by atoms with Crippen molar-refractivity contribution in [3.05, 3.63) is 108 Å². The molecule has 0 saturated heterocycles. The summed E-state index contributed by atoms with van der Waals surface area (Å²) in [6, 6.07) is 27.8. The molecule has 4 bridgehead atoms. The third-order valence-corrected chi connectivity index (χ3v) is 10.5.